The van der Waals surface area contributed by atoms with Crippen molar-refractivity contribution < 1.29 is 13.2 Å². The molecule has 1 aliphatic rings. The van der Waals surface area contributed by atoms with Crippen LogP contribution < -0.4 is 0 Å². The van der Waals surface area contributed by atoms with Gasteiger partial charge >= 0.3 is 6.18 Å². The van der Waals surface area contributed by atoms with Gasteiger partial charge in [0, 0.05) is 5.92 Å². The number of benzene rings is 1. The largest absolute Gasteiger partial charge is 0.401 e. The first kappa shape index (κ1) is 12.0. The number of hydrogen-bond donors (Lipinski definition) is 0. The Balaban J connectivity index is 2.22. The summed E-state index contributed by atoms with van der Waals surface area (Å²) >= 11 is 0. The van der Waals surface area contributed by atoms with Crippen molar-refractivity contribution in [1.29, 1.82) is 0 Å². The van der Waals surface area contributed by atoms with Crippen LogP contribution in [0.15, 0.2) is 54.6 Å². The monoisotopic (exact) mass is 237 g/mol. The van der Waals surface area contributed by atoms with Crippen molar-refractivity contribution in [2.75, 3.05) is 0 Å². The van der Waals surface area contributed by atoms with Gasteiger partial charge in [0.05, 0.1) is 0 Å². The van der Waals surface area contributed by atoms with E-state index in [1.807, 2.05) is 30.3 Å². The van der Waals surface area contributed by atoms with Gasteiger partial charge in [-0.3, -0.25) is 0 Å². The van der Waals surface area contributed by atoms with E-state index in [2.05, 4.69) is 6.92 Å². The normalized spacial score (nSPS) is 28.4. The third kappa shape index (κ3) is 2.28. The van der Waals surface area contributed by atoms with E-state index >= 15 is 0 Å². The van der Waals surface area contributed by atoms with E-state index in [4.69, 9.17) is 0 Å². The Labute approximate surface area is 98.5 Å². The molecule has 1 aromatic carbocycles. The molecule has 0 amide bonds. The van der Waals surface area contributed by atoms with E-state index in [-0.39, 0.29) is 5.92 Å². The third-order valence-corrected chi connectivity index (χ3v) is 2.91. The lowest BCUT2D eigenvalue weighted by Crippen LogP contribution is -2.32. The quantitative estimate of drug-likeness (QED) is 0.639. The van der Waals surface area contributed by atoms with Crippen LogP contribution in [0.4, 0.5) is 13.2 Å². The molecule has 0 bridgehead atoms. The van der Waals surface area contributed by atoms with Gasteiger partial charge in [0.1, 0.15) is 5.41 Å². The van der Waals surface area contributed by atoms with Gasteiger partial charge in [0.25, 0.3) is 0 Å². The van der Waals surface area contributed by atoms with Crippen molar-refractivity contribution in [2.45, 2.75) is 12.1 Å². The predicted molar refractivity (Wildman–Crippen MR) is 61.3 cm³/mol. The van der Waals surface area contributed by atoms with Crippen LogP contribution in [-0.2, 0) is 0 Å². The van der Waals surface area contributed by atoms with Crippen LogP contribution in [0.3, 0.4) is 0 Å². The fourth-order valence-corrected chi connectivity index (χ4v) is 1.76. The first-order chi connectivity index (χ1) is 7.92. The molecule has 3 heteroatoms. The summed E-state index contributed by atoms with van der Waals surface area (Å²) in [6, 6.07) is 9.40. The number of halogens is 3. The lowest BCUT2D eigenvalue weighted by atomic mass is 9.81. The van der Waals surface area contributed by atoms with Crippen LogP contribution in [0, 0.1) is 12.3 Å². The summed E-state index contributed by atoms with van der Waals surface area (Å²) in [6.45, 7) is 3.23. The van der Waals surface area contributed by atoms with Gasteiger partial charge in [-0.05, 0) is 12.5 Å². The van der Waals surface area contributed by atoms with Gasteiger partial charge in [-0.2, -0.15) is 13.2 Å². The predicted octanol–water partition coefficient (Wildman–Crippen LogP) is 4.28. The molecular weight excluding hydrogens is 225 g/mol. The first-order valence-corrected chi connectivity index (χ1v) is 5.28. The third-order valence-electron chi connectivity index (χ3n) is 2.91. The van der Waals surface area contributed by atoms with E-state index in [0.29, 0.717) is 0 Å². The standard InChI is InChI=1S/C14H12F3/c1-13(14(15,16)17)9-7-12(8-10-13)11-5-3-2-4-6-11/h2-10,12H,1H2. The Morgan fingerprint density at radius 2 is 1.53 bits per heavy atom. The Morgan fingerprint density at radius 3 is 2.00 bits per heavy atom. The molecule has 0 spiro atoms. The molecule has 0 unspecified atom stereocenters. The van der Waals surface area contributed by atoms with Gasteiger partial charge in [0.15, 0.2) is 0 Å². The average molecular weight is 237 g/mol. The Morgan fingerprint density at radius 1 is 1.00 bits per heavy atom. The second-order valence-electron chi connectivity index (χ2n) is 4.19. The summed E-state index contributed by atoms with van der Waals surface area (Å²) in [6.07, 6.45) is 1.02. The molecule has 0 aliphatic heterocycles. The SMILES string of the molecule is [CH2]C1(C(F)(F)F)C=CC(c2ccccc2)C=C1. The summed E-state index contributed by atoms with van der Waals surface area (Å²) in [4.78, 5) is 0. The average Bonchev–Trinajstić information content (AvgIpc) is 2.30. The van der Waals surface area contributed by atoms with Gasteiger partial charge in [-0.1, -0.05) is 54.6 Å². The highest BCUT2D eigenvalue weighted by atomic mass is 19.4. The maximum atomic E-state index is 12.7. The lowest BCUT2D eigenvalue weighted by molar-refractivity contribution is -0.175. The minimum absolute atomic E-state index is 0.103. The highest BCUT2D eigenvalue weighted by Crippen LogP contribution is 2.43. The van der Waals surface area contributed by atoms with Crippen LogP contribution in [0.2, 0.25) is 0 Å². The van der Waals surface area contributed by atoms with Crippen LogP contribution in [-0.4, -0.2) is 6.18 Å². The molecule has 2 rings (SSSR count). The molecular formula is C14H12F3. The zero-order valence-corrected chi connectivity index (χ0v) is 9.11. The first-order valence-electron chi connectivity index (χ1n) is 5.28. The highest BCUT2D eigenvalue weighted by molar-refractivity contribution is 5.35. The Hall–Kier alpha value is -1.51. The molecule has 1 aliphatic carbocycles. The van der Waals surface area contributed by atoms with Crippen molar-refractivity contribution in [2.24, 2.45) is 5.41 Å². The minimum Gasteiger partial charge on any atom is -0.170 e. The van der Waals surface area contributed by atoms with Crippen molar-refractivity contribution in [3.05, 3.63) is 67.1 Å². The molecule has 0 nitrogen and oxygen atoms in total. The molecule has 89 valence electrons. The molecule has 1 radical (unpaired) electrons. The summed E-state index contributed by atoms with van der Waals surface area (Å²) < 4.78 is 38.1. The van der Waals surface area contributed by atoms with Crippen molar-refractivity contribution in [3.63, 3.8) is 0 Å². The van der Waals surface area contributed by atoms with Crippen LogP contribution in [0.1, 0.15) is 11.5 Å². The number of alkyl halides is 3. The van der Waals surface area contributed by atoms with Crippen LogP contribution >= 0.6 is 0 Å². The summed E-state index contributed by atoms with van der Waals surface area (Å²) in [7, 11) is 0. The van der Waals surface area contributed by atoms with Crippen molar-refractivity contribution in [3.8, 4) is 0 Å². The minimum atomic E-state index is -4.35. The smallest absolute Gasteiger partial charge is 0.170 e. The van der Waals surface area contributed by atoms with E-state index in [1.165, 1.54) is 0 Å². The zero-order valence-electron chi connectivity index (χ0n) is 9.11. The molecule has 0 saturated heterocycles. The second-order valence-corrected chi connectivity index (χ2v) is 4.19. The highest BCUT2D eigenvalue weighted by Gasteiger charge is 2.48. The summed E-state index contributed by atoms with van der Waals surface area (Å²) in [5, 5.41) is 0. The Bertz CT molecular complexity index is 426. The molecule has 1 aromatic rings. The van der Waals surface area contributed by atoms with Crippen LogP contribution in [0.5, 0.6) is 0 Å². The van der Waals surface area contributed by atoms with Gasteiger partial charge < -0.3 is 0 Å². The maximum Gasteiger partial charge on any atom is 0.401 e. The van der Waals surface area contributed by atoms with Crippen molar-refractivity contribution >= 4 is 0 Å². The van der Waals surface area contributed by atoms with E-state index in [0.717, 1.165) is 17.7 Å². The van der Waals surface area contributed by atoms with E-state index in [9.17, 15) is 13.2 Å². The van der Waals surface area contributed by atoms with Gasteiger partial charge in [-0.15, -0.1) is 0 Å². The molecule has 17 heavy (non-hydrogen) atoms. The van der Waals surface area contributed by atoms with Gasteiger partial charge in [-0.25, -0.2) is 0 Å². The lowest BCUT2D eigenvalue weighted by Gasteiger charge is -2.29. The summed E-state index contributed by atoms with van der Waals surface area (Å²) in [5.74, 6) is -0.103. The van der Waals surface area contributed by atoms with Crippen LogP contribution in [0.25, 0.3) is 0 Å². The fraction of sp³-hybridized carbons (Fsp3) is 0.214. The second kappa shape index (κ2) is 4.06. The number of allylic oxidation sites excluding steroid dienone is 4. The van der Waals surface area contributed by atoms with Crippen molar-refractivity contribution in [1.82, 2.24) is 0 Å². The molecule has 0 fully saturated rings. The molecule has 0 atom stereocenters. The molecule has 0 heterocycles. The number of hydrogen-bond acceptors (Lipinski definition) is 0. The molecule has 0 N–H and O–H groups in total. The summed E-state index contributed by atoms with van der Waals surface area (Å²) in [5.41, 5.74) is -1.11. The van der Waals surface area contributed by atoms with E-state index in [1.54, 1.807) is 12.2 Å². The molecule has 0 saturated carbocycles. The Kier molecular flexibility index (Phi) is 2.86. The van der Waals surface area contributed by atoms with Gasteiger partial charge in [0.2, 0.25) is 0 Å². The molecule has 0 aromatic heterocycles. The topological polar surface area (TPSA) is 0 Å². The zero-order chi connectivity index (χ0) is 12.5. The number of rotatable bonds is 1. The fourth-order valence-electron chi connectivity index (χ4n) is 1.76. The maximum absolute atomic E-state index is 12.7. The van der Waals surface area contributed by atoms with E-state index < -0.39 is 11.6 Å².